The average Bonchev–Trinajstić information content (AvgIpc) is 2.56. The van der Waals surface area contributed by atoms with Crippen molar-refractivity contribution in [3.63, 3.8) is 0 Å². The highest BCUT2D eigenvalue weighted by molar-refractivity contribution is 5.86. The molecular formula is C17H28N4O. The predicted molar refractivity (Wildman–Crippen MR) is 89.3 cm³/mol. The molecule has 5 heteroatoms. The van der Waals surface area contributed by atoms with Gasteiger partial charge in [0.05, 0.1) is 6.04 Å². The Balaban J connectivity index is 1.74. The number of pyridine rings is 1. The molecular weight excluding hydrogens is 276 g/mol. The minimum absolute atomic E-state index is 0.0790. The van der Waals surface area contributed by atoms with E-state index in [1.54, 1.807) is 12.3 Å². The van der Waals surface area contributed by atoms with Crippen molar-refractivity contribution in [2.75, 3.05) is 18.8 Å². The molecule has 5 N–H and O–H groups in total. The van der Waals surface area contributed by atoms with Crippen molar-refractivity contribution in [2.24, 2.45) is 17.6 Å². The van der Waals surface area contributed by atoms with Crippen LogP contribution in [0.3, 0.4) is 0 Å². The van der Waals surface area contributed by atoms with Crippen LogP contribution in [0.5, 0.6) is 0 Å². The zero-order valence-electron chi connectivity index (χ0n) is 13.4. The van der Waals surface area contributed by atoms with Crippen LogP contribution in [0.2, 0.25) is 0 Å². The van der Waals surface area contributed by atoms with Gasteiger partial charge in [-0.3, -0.25) is 4.79 Å². The summed E-state index contributed by atoms with van der Waals surface area (Å²) >= 11 is 0. The highest BCUT2D eigenvalue weighted by atomic mass is 16.1. The summed E-state index contributed by atoms with van der Waals surface area (Å²) in [6, 6.07) is 3.44. The predicted octanol–water partition coefficient (Wildman–Crippen LogP) is 1.52. The van der Waals surface area contributed by atoms with Gasteiger partial charge in [-0.2, -0.15) is 0 Å². The van der Waals surface area contributed by atoms with Gasteiger partial charge in [0, 0.05) is 12.1 Å². The Labute approximate surface area is 132 Å². The van der Waals surface area contributed by atoms with Gasteiger partial charge in [0.1, 0.15) is 5.82 Å². The summed E-state index contributed by atoms with van der Waals surface area (Å²) in [6.45, 7) is 4.07. The minimum atomic E-state index is -0.341. The van der Waals surface area contributed by atoms with Crippen molar-refractivity contribution in [3.05, 3.63) is 23.9 Å². The van der Waals surface area contributed by atoms with E-state index in [0.29, 0.717) is 11.7 Å². The number of carbonyl (C=O) groups is 1. The molecule has 0 unspecified atom stereocenters. The largest absolute Gasteiger partial charge is 0.384 e. The van der Waals surface area contributed by atoms with Crippen LogP contribution < -0.4 is 16.8 Å². The number of aryl methyl sites for hydroxylation is 1. The van der Waals surface area contributed by atoms with Gasteiger partial charge in [-0.15, -0.1) is 0 Å². The molecule has 1 aliphatic rings. The molecule has 22 heavy (non-hydrogen) atoms. The van der Waals surface area contributed by atoms with E-state index in [2.05, 4.69) is 10.3 Å². The van der Waals surface area contributed by atoms with Gasteiger partial charge in [0.2, 0.25) is 0 Å². The SMILES string of the molecule is C[C@H](C(=O)[C@@H](N)CCCc1ccc(N)nc1)C1CCNCC1. The molecule has 0 amide bonds. The average molecular weight is 304 g/mol. The molecule has 0 bridgehead atoms. The molecule has 1 aromatic rings. The van der Waals surface area contributed by atoms with Crippen LogP contribution in [0, 0.1) is 11.8 Å². The Morgan fingerprint density at radius 2 is 2.14 bits per heavy atom. The summed E-state index contributed by atoms with van der Waals surface area (Å²) in [6.07, 6.45) is 6.47. The normalized spacial score (nSPS) is 18.8. The number of nitrogen functional groups attached to an aromatic ring is 1. The van der Waals surface area contributed by atoms with Crippen molar-refractivity contribution in [1.82, 2.24) is 10.3 Å². The molecule has 1 aliphatic heterocycles. The maximum Gasteiger partial charge on any atom is 0.152 e. The Morgan fingerprint density at radius 1 is 1.41 bits per heavy atom. The van der Waals surface area contributed by atoms with Crippen LogP contribution in [0.1, 0.15) is 38.2 Å². The molecule has 5 nitrogen and oxygen atoms in total. The quantitative estimate of drug-likeness (QED) is 0.710. The van der Waals surface area contributed by atoms with Crippen molar-refractivity contribution >= 4 is 11.6 Å². The Kier molecular flexibility index (Phi) is 6.34. The van der Waals surface area contributed by atoms with Crippen molar-refractivity contribution in [2.45, 2.75) is 45.1 Å². The second-order valence-corrected chi connectivity index (χ2v) is 6.37. The number of nitrogens with two attached hydrogens (primary N) is 2. The van der Waals surface area contributed by atoms with Crippen LogP contribution in [0.15, 0.2) is 18.3 Å². The van der Waals surface area contributed by atoms with Gasteiger partial charge in [-0.1, -0.05) is 13.0 Å². The number of anilines is 1. The molecule has 1 saturated heterocycles. The molecule has 0 spiro atoms. The van der Waals surface area contributed by atoms with E-state index in [1.807, 2.05) is 13.0 Å². The van der Waals surface area contributed by atoms with E-state index in [-0.39, 0.29) is 17.7 Å². The molecule has 122 valence electrons. The summed E-state index contributed by atoms with van der Waals surface area (Å²) in [5.74, 6) is 1.32. The summed E-state index contributed by atoms with van der Waals surface area (Å²) < 4.78 is 0. The number of Topliss-reactive ketones (excluding diaryl/α,β-unsaturated/α-hetero) is 1. The molecule has 0 aliphatic carbocycles. The van der Waals surface area contributed by atoms with E-state index in [1.165, 1.54) is 0 Å². The molecule has 0 saturated carbocycles. The third-order valence-corrected chi connectivity index (χ3v) is 4.73. The monoisotopic (exact) mass is 304 g/mol. The number of aromatic nitrogens is 1. The molecule has 2 atom stereocenters. The van der Waals surface area contributed by atoms with Crippen molar-refractivity contribution in [1.29, 1.82) is 0 Å². The smallest absolute Gasteiger partial charge is 0.152 e. The number of ketones is 1. The van der Waals surface area contributed by atoms with Gasteiger partial charge in [-0.25, -0.2) is 4.98 Å². The molecule has 0 aromatic carbocycles. The van der Waals surface area contributed by atoms with Crippen LogP contribution >= 0.6 is 0 Å². The fraction of sp³-hybridized carbons (Fsp3) is 0.647. The molecule has 2 heterocycles. The number of nitrogens with zero attached hydrogens (tertiary/aromatic N) is 1. The maximum atomic E-state index is 12.5. The molecule has 1 fully saturated rings. The van der Waals surface area contributed by atoms with E-state index in [4.69, 9.17) is 11.5 Å². The van der Waals surface area contributed by atoms with Gasteiger partial charge in [0.15, 0.2) is 5.78 Å². The number of hydrogen-bond donors (Lipinski definition) is 3. The third kappa shape index (κ3) is 4.78. The first-order valence-electron chi connectivity index (χ1n) is 8.28. The number of nitrogens with one attached hydrogen (secondary N) is 1. The summed E-state index contributed by atoms with van der Waals surface area (Å²) in [5, 5.41) is 3.34. The molecule has 2 rings (SSSR count). The second-order valence-electron chi connectivity index (χ2n) is 6.37. The van der Waals surface area contributed by atoms with Crippen LogP contribution in [0.4, 0.5) is 5.82 Å². The first kappa shape index (κ1) is 16.9. The third-order valence-electron chi connectivity index (χ3n) is 4.73. The lowest BCUT2D eigenvalue weighted by atomic mass is 9.81. The van der Waals surface area contributed by atoms with Crippen molar-refractivity contribution < 1.29 is 4.79 Å². The van der Waals surface area contributed by atoms with E-state index >= 15 is 0 Å². The summed E-state index contributed by atoms with van der Waals surface area (Å²) in [5.41, 5.74) is 12.8. The second kappa shape index (κ2) is 8.25. The van der Waals surface area contributed by atoms with Crippen LogP contribution in [-0.4, -0.2) is 29.9 Å². The highest BCUT2D eigenvalue weighted by Gasteiger charge is 2.28. The van der Waals surface area contributed by atoms with Gasteiger partial charge in [0.25, 0.3) is 0 Å². The van der Waals surface area contributed by atoms with E-state index in [9.17, 15) is 4.79 Å². The molecule has 0 radical (unpaired) electrons. The standard InChI is InChI=1S/C17H28N4O/c1-12(14-7-9-20-10-8-14)17(22)15(18)4-2-3-13-5-6-16(19)21-11-13/h5-6,11-12,14-15,20H,2-4,7-10,18H2,1H3,(H2,19,21)/t12-,15-/m0/s1. The summed E-state index contributed by atoms with van der Waals surface area (Å²) in [7, 11) is 0. The van der Waals surface area contributed by atoms with Gasteiger partial charge >= 0.3 is 0 Å². The first-order chi connectivity index (χ1) is 10.6. The summed E-state index contributed by atoms with van der Waals surface area (Å²) in [4.78, 5) is 16.5. The Hall–Kier alpha value is -1.46. The lowest BCUT2D eigenvalue weighted by molar-refractivity contribution is -0.125. The number of rotatable bonds is 7. The Morgan fingerprint density at radius 3 is 2.77 bits per heavy atom. The van der Waals surface area contributed by atoms with E-state index < -0.39 is 0 Å². The minimum Gasteiger partial charge on any atom is -0.384 e. The number of carbonyl (C=O) groups excluding carboxylic acids is 1. The fourth-order valence-electron chi connectivity index (χ4n) is 3.17. The zero-order valence-corrected chi connectivity index (χ0v) is 13.4. The number of hydrogen-bond acceptors (Lipinski definition) is 5. The van der Waals surface area contributed by atoms with E-state index in [0.717, 1.165) is 50.8 Å². The first-order valence-corrected chi connectivity index (χ1v) is 8.28. The topological polar surface area (TPSA) is 94.0 Å². The lowest BCUT2D eigenvalue weighted by Crippen LogP contribution is -2.40. The molecule has 1 aromatic heterocycles. The zero-order chi connectivity index (χ0) is 15.9. The number of piperidine rings is 1. The maximum absolute atomic E-state index is 12.5. The van der Waals surface area contributed by atoms with Gasteiger partial charge in [-0.05, 0) is 62.7 Å². The van der Waals surface area contributed by atoms with Crippen LogP contribution in [0.25, 0.3) is 0 Å². The lowest BCUT2D eigenvalue weighted by Gasteiger charge is -2.28. The van der Waals surface area contributed by atoms with Crippen molar-refractivity contribution in [3.8, 4) is 0 Å². The van der Waals surface area contributed by atoms with Crippen LogP contribution in [-0.2, 0) is 11.2 Å². The Bertz CT molecular complexity index is 468. The fourth-order valence-corrected chi connectivity index (χ4v) is 3.17. The highest BCUT2D eigenvalue weighted by Crippen LogP contribution is 2.24. The van der Waals surface area contributed by atoms with Gasteiger partial charge < -0.3 is 16.8 Å².